The van der Waals surface area contributed by atoms with Gasteiger partial charge in [0.2, 0.25) is 5.91 Å². The highest BCUT2D eigenvalue weighted by molar-refractivity contribution is 8.16. The van der Waals surface area contributed by atoms with Crippen LogP contribution in [0.2, 0.25) is 0 Å². The van der Waals surface area contributed by atoms with E-state index >= 15 is 0 Å². The molecule has 162 valence electrons. The molecule has 6 heteroatoms. The van der Waals surface area contributed by atoms with E-state index in [4.69, 9.17) is 14.7 Å². The van der Waals surface area contributed by atoms with E-state index in [2.05, 4.69) is 43.4 Å². The molecule has 1 saturated carbocycles. The number of thioether (sulfide) groups is 1. The van der Waals surface area contributed by atoms with Crippen molar-refractivity contribution in [1.29, 1.82) is 0 Å². The maximum absolute atomic E-state index is 12.6. The summed E-state index contributed by atoms with van der Waals surface area (Å²) in [5.74, 6) is 1.73. The molecule has 0 bridgehead atoms. The molecule has 5 nitrogen and oxygen atoms in total. The zero-order chi connectivity index (χ0) is 21.8. The minimum Gasteiger partial charge on any atom is -0.497 e. The Morgan fingerprint density at radius 2 is 1.77 bits per heavy atom. The summed E-state index contributed by atoms with van der Waals surface area (Å²) in [7, 11) is 1.62. The predicted octanol–water partition coefficient (Wildman–Crippen LogP) is 5.48. The monoisotopic (exact) mass is 435 g/mol. The Morgan fingerprint density at radius 3 is 2.42 bits per heavy atom. The number of anilines is 1. The van der Waals surface area contributed by atoms with Crippen LogP contribution in [0.25, 0.3) is 0 Å². The summed E-state index contributed by atoms with van der Waals surface area (Å²) < 4.78 is 5.17. The van der Waals surface area contributed by atoms with Crippen molar-refractivity contribution in [2.45, 2.75) is 45.2 Å². The highest BCUT2D eigenvalue weighted by Gasteiger charge is 2.39. The van der Waals surface area contributed by atoms with E-state index in [-0.39, 0.29) is 11.6 Å². The number of nitrogens with zero attached hydrogens (tertiary/aromatic N) is 2. The predicted molar refractivity (Wildman–Crippen MR) is 130 cm³/mol. The molecule has 1 heterocycles. The standard InChI is InChI=1S/C25H29N3O2S/c1-17-4-6-19(7-5-17)23-24(28-25(27-23)14-12-18(2)13-15-25)31-16-22(29)26-20-8-10-21(30-3)11-9-20/h4-11,18H,12-16H2,1-3H3,(H,26,29). The number of ether oxygens (including phenoxy) is 1. The number of carbonyl (C=O) groups is 1. The van der Waals surface area contributed by atoms with Crippen LogP contribution in [-0.2, 0) is 4.79 Å². The zero-order valence-corrected chi connectivity index (χ0v) is 19.2. The lowest BCUT2D eigenvalue weighted by Crippen LogP contribution is -2.28. The van der Waals surface area contributed by atoms with E-state index in [1.54, 1.807) is 7.11 Å². The third kappa shape index (κ3) is 5.18. The average molecular weight is 436 g/mol. The number of benzene rings is 2. The van der Waals surface area contributed by atoms with Crippen molar-refractivity contribution in [3.8, 4) is 5.75 Å². The highest BCUT2D eigenvalue weighted by atomic mass is 32.2. The van der Waals surface area contributed by atoms with Crippen molar-refractivity contribution >= 4 is 34.1 Å². The first-order valence-corrected chi connectivity index (χ1v) is 11.8. The second-order valence-electron chi connectivity index (χ2n) is 8.47. The molecule has 4 rings (SSSR count). The SMILES string of the molecule is COc1ccc(NC(=O)CSC2=NC3(CCC(C)CC3)N=C2c2ccc(C)cc2)cc1. The van der Waals surface area contributed by atoms with Gasteiger partial charge in [-0.05, 0) is 62.8 Å². The van der Waals surface area contributed by atoms with Crippen molar-refractivity contribution in [2.24, 2.45) is 15.9 Å². The fraction of sp³-hybridized carbons (Fsp3) is 0.400. The van der Waals surface area contributed by atoms with Gasteiger partial charge < -0.3 is 10.1 Å². The zero-order valence-electron chi connectivity index (χ0n) is 18.4. The molecule has 0 saturated heterocycles. The lowest BCUT2D eigenvalue weighted by Gasteiger charge is -2.30. The number of amides is 1. The first-order chi connectivity index (χ1) is 15.0. The summed E-state index contributed by atoms with van der Waals surface area (Å²) in [4.78, 5) is 22.8. The van der Waals surface area contributed by atoms with Gasteiger partial charge in [-0.2, -0.15) is 0 Å². The Bertz CT molecular complexity index is 988. The lowest BCUT2D eigenvalue weighted by molar-refractivity contribution is -0.113. The number of methoxy groups -OCH3 is 1. The van der Waals surface area contributed by atoms with Gasteiger partial charge in [-0.3, -0.25) is 9.79 Å². The molecule has 1 amide bonds. The van der Waals surface area contributed by atoms with Gasteiger partial charge in [0.1, 0.15) is 10.8 Å². The number of carbonyl (C=O) groups excluding carboxylic acids is 1. The van der Waals surface area contributed by atoms with Crippen molar-refractivity contribution in [3.63, 3.8) is 0 Å². The number of aryl methyl sites for hydroxylation is 1. The molecule has 0 radical (unpaired) electrons. The van der Waals surface area contributed by atoms with Gasteiger partial charge in [-0.15, -0.1) is 0 Å². The second-order valence-corrected chi connectivity index (χ2v) is 9.44. The van der Waals surface area contributed by atoms with Gasteiger partial charge in [0.05, 0.1) is 18.6 Å². The van der Waals surface area contributed by atoms with Crippen LogP contribution in [0.4, 0.5) is 5.69 Å². The van der Waals surface area contributed by atoms with Gasteiger partial charge in [0.15, 0.2) is 5.66 Å². The van der Waals surface area contributed by atoms with Crippen LogP contribution < -0.4 is 10.1 Å². The minimum atomic E-state index is -0.346. The number of rotatable bonds is 5. The quantitative estimate of drug-likeness (QED) is 0.676. The molecule has 31 heavy (non-hydrogen) atoms. The summed E-state index contributed by atoms with van der Waals surface area (Å²) in [6.45, 7) is 4.38. The van der Waals surface area contributed by atoms with Gasteiger partial charge in [-0.1, -0.05) is 48.5 Å². The van der Waals surface area contributed by atoms with Crippen molar-refractivity contribution in [2.75, 3.05) is 18.2 Å². The van der Waals surface area contributed by atoms with E-state index in [9.17, 15) is 4.79 Å². The molecule has 2 aromatic rings. The molecule has 2 aromatic carbocycles. The van der Waals surface area contributed by atoms with Crippen LogP contribution >= 0.6 is 11.8 Å². The molecule has 1 N–H and O–H groups in total. The maximum atomic E-state index is 12.6. The van der Waals surface area contributed by atoms with Crippen LogP contribution in [0.5, 0.6) is 5.75 Å². The molecule has 1 fully saturated rings. The van der Waals surface area contributed by atoms with E-state index < -0.39 is 0 Å². The van der Waals surface area contributed by atoms with Crippen LogP contribution in [0.1, 0.15) is 43.7 Å². The maximum Gasteiger partial charge on any atom is 0.234 e. The highest BCUT2D eigenvalue weighted by Crippen LogP contribution is 2.40. The van der Waals surface area contributed by atoms with Crippen molar-refractivity contribution in [1.82, 2.24) is 0 Å². The summed E-state index contributed by atoms with van der Waals surface area (Å²) in [6.07, 6.45) is 4.24. The van der Waals surface area contributed by atoms with Gasteiger partial charge >= 0.3 is 0 Å². The van der Waals surface area contributed by atoms with Crippen LogP contribution in [-0.4, -0.2) is 35.2 Å². The van der Waals surface area contributed by atoms with E-state index in [1.165, 1.54) is 17.3 Å². The van der Waals surface area contributed by atoms with E-state index in [0.717, 1.165) is 59.4 Å². The average Bonchev–Trinajstić information content (AvgIpc) is 3.14. The molecular weight excluding hydrogens is 406 g/mol. The molecule has 0 aromatic heterocycles. The molecule has 0 atom stereocenters. The Balaban J connectivity index is 1.48. The summed E-state index contributed by atoms with van der Waals surface area (Å²) in [5.41, 5.74) is 3.62. The number of hydrogen-bond donors (Lipinski definition) is 1. The molecule has 0 unspecified atom stereocenters. The first kappa shape index (κ1) is 21.6. The molecular formula is C25H29N3O2S. The molecule has 1 aliphatic carbocycles. The number of aliphatic imine (C=N–C) groups is 2. The van der Waals surface area contributed by atoms with Crippen LogP contribution in [0.15, 0.2) is 58.5 Å². The lowest BCUT2D eigenvalue weighted by atomic mass is 9.83. The third-order valence-electron chi connectivity index (χ3n) is 5.95. The summed E-state index contributed by atoms with van der Waals surface area (Å²) in [5, 5.41) is 3.82. The number of nitrogens with one attached hydrogen (secondary N) is 1. The number of hydrogen-bond acceptors (Lipinski definition) is 5. The Labute approximate surface area is 188 Å². The van der Waals surface area contributed by atoms with Gasteiger partial charge in [0, 0.05) is 11.3 Å². The van der Waals surface area contributed by atoms with Crippen molar-refractivity contribution in [3.05, 3.63) is 59.7 Å². The van der Waals surface area contributed by atoms with E-state index in [1.807, 2.05) is 24.3 Å². The smallest absolute Gasteiger partial charge is 0.234 e. The normalized spacial score (nSPS) is 22.7. The van der Waals surface area contributed by atoms with Crippen molar-refractivity contribution < 1.29 is 9.53 Å². The minimum absolute atomic E-state index is 0.0562. The second kappa shape index (κ2) is 9.27. The van der Waals surface area contributed by atoms with Gasteiger partial charge in [-0.25, -0.2) is 4.99 Å². The Kier molecular flexibility index (Phi) is 6.46. The van der Waals surface area contributed by atoms with Crippen LogP contribution in [0.3, 0.4) is 0 Å². The van der Waals surface area contributed by atoms with E-state index in [0.29, 0.717) is 5.75 Å². The largest absolute Gasteiger partial charge is 0.497 e. The Morgan fingerprint density at radius 1 is 1.10 bits per heavy atom. The summed E-state index contributed by atoms with van der Waals surface area (Å²) in [6, 6.07) is 15.8. The molecule has 2 aliphatic rings. The van der Waals surface area contributed by atoms with Crippen LogP contribution in [0, 0.1) is 12.8 Å². The fourth-order valence-corrected chi connectivity index (χ4v) is 4.85. The van der Waals surface area contributed by atoms with Gasteiger partial charge in [0.25, 0.3) is 0 Å². The topological polar surface area (TPSA) is 63.0 Å². The Hall–Kier alpha value is -2.60. The fourth-order valence-electron chi connectivity index (χ4n) is 3.98. The molecule has 1 aliphatic heterocycles. The first-order valence-electron chi connectivity index (χ1n) is 10.8. The molecule has 1 spiro atoms. The third-order valence-corrected chi connectivity index (χ3v) is 6.91. The summed E-state index contributed by atoms with van der Waals surface area (Å²) >= 11 is 1.48.